The lowest BCUT2D eigenvalue weighted by Crippen LogP contribution is -2.39. The summed E-state index contributed by atoms with van der Waals surface area (Å²) in [4.78, 5) is 18.2. The van der Waals surface area contributed by atoms with Crippen LogP contribution in [-0.4, -0.2) is 35.9 Å². The van der Waals surface area contributed by atoms with Crippen LogP contribution in [0.3, 0.4) is 0 Å². The van der Waals surface area contributed by atoms with Crippen LogP contribution < -0.4 is 5.73 Å². The van der Waals surface area contributed by atoms with Gasteiger partial charge in [-0.25, -0.2) is 4.98 Å². The monoisotopic (exact) mass is 287 g/mol. The zero-order valence-electron chi connectivity index (χ0n) is 12.7. The van der Waals surface area contributed by atoms with Gasteiger partial charge in [0.25, 0.3) is 5.91 Å². The second kappa shape index (κ2) is 6.10. The van der Waals surface area contributed by atoms with E-state index in [1.165, 1.54) is 6.26 Å². The molecule has 1 amide bonds. The molecule has 112 valence electrons. The highest BCUT2D eigenvalue weighted by Crippen LogP contribution is 2.20. The maximum Gasteiger partial charge on any atom is 0.275 e. The molecule has 1 heterocycles. The third-order valence-electron chi connectivity index (χ3n) is 3.31. The molecular formula is C16H21N3O2. The molecule has 0 aliphatic carbocycles. The molecule has 0 fully saturated rings. The van der Waals surface area contributed by atoms with Crippen LogP contribution in [0.25, 0.3) is 11.5 Å². The molecule has 2 rings (SSSR count). The standard InChI is InChI=1S/C16H21N3O2/c1-16(2,10-17)11-19(3)15(20)13-9-21-14(18-13)12-7-5-4-6-8-12/h4-9H,10-11,17H2,1-3H3. The predicted molar refractivity (Wildman–Crippen MR) is 81.7 cm³/mol. The van der Waals surface area contributed by atoms with Gasteiger partial charge in [-0.2, -0.15) is 0 Å². The first-order valence-corrected chi connectivity index (χ1v) is 6.89. The third-order valence-corrected chi connectivity index (χ3v) is 3.31. The maximum atomic E-state index is 12.3. The molecule has 2 N–H and O–H groups in total. The fourth-order valence-corrected chi connectivity index (χ4v) is 2.06. The van der Waals surface area contributed by atoms with Gasteiger partial charge in [0.2, 0.25) is 5.89 Å². The smallest absolute Gasteiger partial charge is 0.275 e. The van der Waals surface area contributed by atoms with E-state index < -0.39 is 0 Å². The summed E-state index contributed by atoms with van der Waals surface area (Å²) in [6.45, 7) is 5.12. The van der Waals surface area contributed by atoms with Gasteiger partial charge < -0.3 is 15.1 Å². The number of carbonyl (C=O) groups is 1. The Morgan fingerprint density at radius 3 is 2.62 bits per heavy atom. The number of aromatic nitrogens is 1. The minimum atomic E-state index is -0.164. The van der Waals surface area contributed by atoms with Crippen LogP contribution in [0.1, 0.15) is 24.3 Å². The highest BCUT2D eigenvalue weighted by Gasteiger charge is 2.23. The van der Waals surface area contributed by atoms with Crippen molar-refractivity contribution in [1.29, 1.82) is 0 Å². The molecule has 21 heavy (non-hydrogen) atoms. The zero-order chi connectivity index (χ0) is 15.5. The van der Waals surface area contributed by atoms with Gasteiger partial charge in [0.05, 0.1) is 0 Å². The van der Waals surface area contributed by atoms with Gasteiger partial charge in [0.15, 0.2) is 5.69 Å². The fraction of sp³-hybridized carbons (Fsp3) is 0.375. The number of benzene rings is 1. The second-order valence-electron chi connectivity index (χ2n) is 5.93. The lowest BCUT2D eigenvalue weighted by molar-refractivity contribution is 0.0734. The van der Waals surface area contributed by atoms with Gasteiger partial charge in [0.1, 0.15) is 6.26 Å². The number of rotatable bonds is 5. The van der Waals surface area contributed by atoms with Gasteiger partial charge in [-0.3, -0.25) is 4.79 Å². The number of nitrogens with two attached hydrogens (primary N) is 1. The Kier molecular flexibility index (Phi) is 4.43. The fourth-order valence-electron chi connectivity index (χ4n) is 2.06. The number of carbonyl (C=O) groups excluding carboxylic acids is 1. The molecule has 2 aromatic rings. The molecule has 5 nitrogen and oxygen atoms in total. The highest BCUT2D eigenvalue weighted by atomic mass is 16.3. The van der Waals surface area contributed by atoms with E-state index in [-0.39, 0.29) is 11.3 Å². The van der Waals surface area contributed by atoms with Crippen molar-refractivity contribution in [3.8, 4) is 11.5 Å². The van der Waals surface area contributed by atoms with Crippen molar-refractivity contribution < 1.29 is 9.21 Å². The average Bonchev–Trinajstić information content (AvgIpc) is 2.96. The molecule has 1 aromatic carbocycles. The predicted octanol–water partition coefficient (Wildman–Crippen LogP) is 2.40. The molecule has 1 aromatic heterocycles. The number of hydrogen-bond acceptors (Lipinski definition) is 4. The van der Waals surface area contributed by atoms with E-state index in [0.29, 0.717) is 24.7 Å². The number of hydrogen-bond donors (Lipinski definition) is 1. The summed E-state index contributed by atoms with van der Waals surface area (Å²) in [7, 11) is 1.75. The van der Waals surface area contributed by atoms with Crippen molar-refractivity contribution in [2.45, 2.75) is 13.8 Å². The van der Waals surface area contributed by atoms with E-state index in [1.807, 2.05) is 44.2 Å². The molecule has 0 spiro atoms. The van der Waals surface area contributed by atoms with Crippen molar-refractivity contribution in [2.24, 2.45) is 11.1 Å². The Morgan fingerprint density at radius 1 is 1.33 bits per heavy atom. The quantitative estimate of drug-likeness (QED) is 0.916. The summed E-state index contributed by atoms with van der Waals surface area (Å²) >= 11 is 0. The summed E-state index contributed by atoms with van der Waals surface area (Å²) in [6, 6.07) is 9.50. The van der Waals surface area contributed by atoms with Crippen molar-refractivity contribution >= 4 is 5.91 Å². The van der Waals surface area contributed by atoms with Crippen LogP contribution in [0, 0.1) is 5.41 Å². The second-order valence-corrected chi connectivity index (χ2v) is 5.93. The van der Waals surface area contributed by atoms with Crippen LogP contribution in [0.15, 0.2) is 41.0 Å². The summed E-state index contributed by atoms with van der Waals surface area (Å²) in [5.41, 5.74) is 6.73. The van der Waals surface area contributed by atoms with Crippen LogP contribution >= 0.6 is 0 Å². The first-order valence-electron chi connectivity index (χ1n) is 6.89. The normalized spacial score (nSPS) is 11.4. The van der Waals surface area contributed by atoms with E-state index in [9.17, 15) is 4.79 Å². The summed E-state index contributed by atoms with van der Waals surface area (Å²) in [5.74, 6) is 0.285. The molecule has 0 bridgehead atoms. The molecule has 0 aliphatic heterocycles. The van der Waals surface area contributed by atoms with Crippen LogP contribution in [0.4, 0.5) is 0 Å². The van der Waals surface area contributed by atoms with E-state index in [1.54, 1.807) is 11.9 Å². The number of oxazole rings is 1. The van der Waals surface area contributed by atoms with E-state index in [0.717, 1.165) is 5.56 Å². The van der Waals surface area contributed by atoms with E-state index in [2.05, 4.69) is 4.98 Å². The van der Waals surface area contributed by atoms with Crippen molar-refractivity contribution in [3.63, 3.8) is 0 Å². The van der Waals surface area contributed by atoms with Crippen LogP contribution in [-0.2, 0) is 0 Å². The van der Waals surface area contributed by atoms with Crippen molar-refractivity contribution in [1.82, 2.24) is 9.88 Å². The van der Waals surface area contributed by atoms with Gasteiger partial charge in [-0.05, 0) is 24.1 Å². The Bertz CT molecular complexity index is 605. The molecule has 0 aliphatic rings. The van der Waals surface area contributed by atoms with Crippen LogP contribution in [0.2, 0.25) is 0 Å². The lowest BCUT2D eigenvalue weighted by atomic mass is 9.93. The first kappa shape index (κ1) is 15.3. The minimum Gasteiger partial charge on any atom is -0.444 e. The van der Waals surface area contributed by atoms with Gasteiger partial charge in [0, 0.05) is 19.2 Å². The molecule has 0 saturated carbocycles. The van der Waals surface area contributed by atoms with Crippen molar-refractivity contribution in [2.75, 3.05) is 20.1 Å². The minimum absolute atomic E-state index is 0.129. The first-order chi connectivity index (χ1) is 9.93. The summed E-state index contributed by atoms with van der Waals surface area (Å²) in [5, 5.41) is 0. The van der Waals surface area contributed by atoms with Crippen LogP contribution in [0.5, 0.6) is 0 Å². The van der Waals surface area contributed by atoms with E-state index >= 15 is 0 Å². The molecule has 0 radical (unpaired) electrons. The SMILES string of the molecule is CN(CC(C)(C)CN)C(=O)c1coc(-c2ccccc2)n1. The molecule has 0 atom stereocenters. The Balaban J connectivity index is 2.12. The Hall–Kier alpha value is -2.14. The highest BCUT2D eigenvalue weighted by molar-refractivity contribution is 5.92. The summed E-state index contributed by atoms with van der Waals surface area (Å²) < 4.78 is 5.40. The van der Waals surface area contributed by atoms with Gasteiger partial charge in [-0.15, -0.1) is 0 Å². The number of nitrogens with zero attached hydrogens (tertiary/aromatic N) is 2. The Morgan fingerprint density at radius 2 is 2.00 bits per heavy atom. The van der Waals surface area contributed by atoms with Crippen molar-refractivity contribution in [3.05, 3.63) is 42.3 Å². The Labute approximate surface area is 124 Å². The average molecular weight is 287 g/mol. The molecule has 0 unspecified atom stereocenters. The largest absolute Gasteiger partial charge is 0.444 e. The lowest BCUT2D eigenvalue weighted by Gasteiger charge is -2.28. The number of amides is 1. The maximum absolute atomic E-state index is 12.3. The molecular weight excluding hydrogens is 266 g/mol. The topological polar surface area (TPSA) is 72.4 Å². The summed E-state index contributed by atoms with van der Waals surface area (Å²) in [6.07, 6.45) is 1.40. The third kappa shape index (κ3) is 3.70. The van der Waals surface area contributed by atoms with E-state index in [4.69, 9.17) is 10.2 Å². The molecule has 5 heteroatoms. The zero-order valence-corrected chi connectivity index (χ0v) is 12.7. The molecule has 0 saturated heterocycles. The van der Waals surface area contributed by atoms with Gasteiger partial charge >= 0.3 is 0 Å². The van der Waals surface area contributed by atoms with Gasteiger partial charge in [-0.1, -0.05) is 32.0 Å².